The summed E-state index contributed by atoms with van der Waals surface area (Å²) in [5.74, 6) is -0.490. The maximum Gasteiger partial charge on any atom is 0.153 e. The molecule has 0 saturated carbocycles. The molecular weight excluding hydrogens is 397 g/mol. The Labute approximate surface area is 182 Å². The van der Waals surface area contributed by atoms with Crippen molar-refractivity contribution < 1.29 is 18.7 Å². The van der Waals surface area contributed by atoms with Crippen molar-refractivity contribution >= 4 is 17.7 Å². The first-order valence-electron chi connectivity index (χ1n) is 10.8. The molecule has 2 aromatic rings. The molecule has 1 radical (unpaired) electrons. The highest BCUT2D eigenvalue weighted by molar-refractivity contribution is 5.77. The fourth-order valence-corrected chi connectivity index (χ4v) is 4.04. The van der Waals surface area contributed by atoms with Crippen LogP contribution in [0.3, 0.4) is 0 Å². The van der Waals surface area contributed by atoms with Gasteiger partial charge in [-0.15, -0.1) is 0 Å². The van der Waals surface area contributed by atoms with Crippen LogP contribution < -0.4 is 10.2 Å². The molecule has 0 aromatic heterocycles. The molecule has 2 fully saturated rings. The van der Waals surface area contributed by atoms with Crippen LogP contribution in [-0.2, 0) is 16.0 Å². The predicted octanol–water partition coefficient (Wildman–Crippen LogP) is 3.32. The van der Waals surface area contributed by atoms with Crippen LogP contribution in [0.15, 0.2) is 36.4 Å². The van der Waals surface area contributed by atoms with Crippen molar-refractivity contribution in [1.82, 2.24) is 4.90 Å². The highest BCUT2D eigenvalue weighted by Gasteiger charge is 2.19. The molecule has 1 N–H and O–H groups in total. The van der Waals surface area contributed by atoms with E-state index in [4.69, 9.17) is 9.47 Å². The Hall–Kier alpha value is -2.48. The Bertz CT molecular complexity index is 878. The van der Waals surface area contributed by atoms with E-state index in [2.05, 4.69) is 27.2 Å². The van der Waals surface area contributed by atoms with Gasteiger partial charge >= 0.3 is 0 Å². The summed E-state index contributed by atoms with van der Waals surface area (Å²) < 4.78 is 25.8. The molecule has 0 aliphatic carbocycles. The normalized spacial score (nSPS) is 17.7. The molecule has 0 spiro atoms. The van der Waals surface area contributed by atoms with E-state index < -0.39 is 5.82 Å². The molecular formula is C24H29FN3O3. The van der Waals surface area contributed by atoms with Crippen molar-refractivity contribution in [3.63, 3.8) is 0 Å². The highest BCUT2D eigenvalue weighted by Crippen LogP contribution is 2.26. The standard InChI is InChI=1S/C24H29FN3O3/c1-18(26-21-2-4-22(5-3-21)28-8-12-31-13-9-28)23-15-19(14-20(17-29)24(23)25)16-27-6-10-30-11-7-27/h2-5,14-15,17,26H,6-13,16H2,1H3. The fraction of sp³-hybridized carbons (Fsp3) is 0.417. The Morgan fingerprint density at radius 2 is 1.68 bits per heavy atom. The minimum absolute atomic E-state index is 0.0876. The van der Waals surface area contributed by atoms with Gasteiger partial charge in [0.15, 0.2) is 6.29 Å². The van der Waals surface area contributed by atoms with E-state index in [0.29, 0.717) is 37.6 Å². The molecule has 2 saturated heterocycles. The number of nitrogens with zero attached hydrogens (tertiary/aromatic N) is 2. The zero-order chi connectivity index (χ0) is 21.6. The third-order valence-electron chi connectivity index (χ3n) is 5.78. The van der Waals surface area contributed by atoms with Gasteiger partial charge in [0, 0.05) is 49.7 Å². The number of carbonyl (C=O) groups excluding carboxylic acids is 1. The van der Waals surface area contributed by atoms with Crippen LogP contribution in [0.2, 0.25) is 0 Å². The molecule has 4 rings (SSSR count). The van der Waals surface area contributed by atoms with E-state index in [-0.39, 0.29) is 5.56 Å². The molecule has 7 heteroatoms. The maximum absolute atomic E-state index is 14.9. The molecule has 2 aliphatic heterocycles. The lowest BCUT2D eigenvalue weighted by Crippen LogP contribution is -2.36. The molecule has 0 unspecified atom stereocenters. The van der Waals surface area contributed by atoms with Crippen molar-refractivity contribution in [2.45, 2.75) is 13.5 Å². The lowest BCUT2D eigenvalue weighted by Gasteiger charge is -2.29. The van der Waals surface area contributed by atoms with Crippen LogP contribution in [0.4, 0.5) is 15.8 Å². The lowest BCUT2D eigenvalue weighted by atomic mass is 9.99. The van der Waals surface area contributed by atoms with Gasteiger partial charge in [0.2, 0.25) is 0 Å². The van der Waals surface area contributed by atoms with Crippen LogP contribution in [0.25, 0.3) is 0 Å². The van der Waals surface area contributed by atoms with E-state index in [1.165, 1.54) is 0 Å². The number of carbonyl (C=O) groups is 1. The maximum atomic E-state index is 14.9. The van der Waals surface area contributed by atoms with Crippen LogP contribution in [-0.4, -0.2) is 63.8 Å². The van der Waals surface area contributed by atoms with Gasteiger partial charge < -0.3 is 19.7 Å². The Morgan fingerprint density at radius 3 is 2.32 bits per heavy atom. The van der Waals surface area contributed by atoms with E-state index in [1.54, 1.807) is 6.07 Å². The number of ether oxygens (including phenoxy) is 2. The fourth-order valence-electron chi connectivity index (χ4n) is 4.04. The molecule has 0 atom stereocenters. The summed E-state index contributed by atoms with van der Waals surface area (Å²) >= 11 is 0. The van der Waals surface area contributed by atoms with E-state index in [1.807, 2.05) is 25.1 Å². The monoisotopic (exact) mass is 426 g/mol. The number of hydrogen-bond acceptors (Lipinski definition) is 6. The van der Waals surface area contributed by atoms with Crippen molar-refractivity contribution in [3.8, 4) is 0 Å². The summed E-state index contributed by atoms with van der Waals surface area (Å²) in [4.78, 5) is 16.0. The number of rotatable bonds is 7. The quantitative estimate of drug-likeness (QED) is 0.686. The van der Waals surface area contributed by atoms with Crippen LogP contribution in [0, 0.1) is 11.9 Å². The van der Waals surface area contributed by atoms with E-state index in [9.17, 15) is 9.18 Å². The van der Waals surface area contributed by atoms with Gasteiger partial charge in [-0.1, -0.05) is 0 Å². The largest absolute Gasteiger partial charge is 0.379 e. The summed E-state index contributed by atoms with van der Waals surface area (Å²) in [6.07, 6.45) is 0.589. The first-order valence-corrected chi connectivity index (χ1v) is 10.8. The number of hydrogen-bond donors (Lipinski definition) is 1. The van der Waals surface area contributed by atoms with Gasteiger partial charge in [-0.2, -0.15) is 0 Å². The van der Waals surface area contributed by atoms with Crippen molar-refractivity contribution in [2.24, 2.45) is 0 Å². The summed E-state index contributed by atoms with van der Waals surface area (Å²) in [7, 11) is 0. The SMILES string of the molecule is C[C](Nc1ccc(N2CCOCC2)cc1)c1cc(CN2CCOCC2)cc(C=O)c1F. The van der Waals surface area contributed by atoms with Crippen LogP contribution in [0.1, 0.15) is 28.4 Å². The molecule has 0 amide bonds. The number of benzene rings is 2. The first-order chi connectivity index (χ1) is 15.1. The minimum atomic E-state index is -0.490. The van der Waals surface area contributed by atoms with Gasteiger partial charge in [-0.05, 0) is 48.9 Å². The first kappa shape index (κ1) is 21.7. The third kappa shape index (κ3) is 5.42. The number of nitrogens with one attached hydrogen (secondary N) is 1. The molecule has 0 bridgehead atoms. The molecule has 2 heterocycles. The smallest absolute Gasteiger partial charge is 0.153 e. The van der Waals surface area contributed by atoms with Gasteiger partial charge in [0.1, 0.15) is 5.82 Å². The summed E-state index contributed by atoms with van der Waals surface area (Å²) in [6.45, 7) is 8.81. The second-order valence-corrected chi connectivity index (χ2v) is 7.95. The predicted molar refractivity (Wildman–Crippen MR) is 119 cm³/mol. The Balaban J connectivity index is 1.48. The van der Waals surface area contributed by atoms with E-state index in [0.717, 1.165) is 56.3 Å². The molecule has 2 aromatic carbocycles. The van der Waals surface area contributed by atoms with E-state index >= 15 is 0 Å². The Morgan fingerprint density at radius 1 is 1.03 bits per heavy atom. The highest BCUT2D eigenvalue weighted by atomic mass is 19.1. The van der Waals surface area contributed by atoms with Crippen LogP contribution in [0.5, 0.6) is 0 Å². The lowest BCUT2D eigenvalue weighted by molar-refractivity contribution is 0.0341. The zero-order valence-corrected chi connectivity index (χ0v) is 17.9. The molecule has 6 nitrogen and oxygen atoms in total. The summed E-state index contributed by atoms with van der Waals surface area (Å²) in [5.41, 5.74) is 3.45. The summed E-state index contributed by atoms with van der Waals surface area (Å²) in [5, 5.41) is 3.30. The van der Waals surface area contributed by atoms with Gasteiger partial charge in [0.25, 0.3) is 0 Å². The number of aldehydes is 1. The third-order valence-corrected chi connectivity index (χ3v) is 5.78. The average Bonchev–Trinajstić information content (AvgIpc) is 2.81. The number of halogens is 1. The van der Waals surface area contributed by atoms with Crippen LogP contribution >= 0.6 is 0 Å². The van der Waals surface area contributed by atoms with Crippen molar-refractivity contribution in [2.75, 3.05) is 62.8 Å². The Kier molecular flexibility index (Phi) is 7.17. The zero-order valence-electron chi connectivity index (χ0n) is 17.9. The average molecular weight is 427 g/mol. The van der Waals surface area contributed by atoms with Crippen molar-refractivity contribution in [1.29, 1.82) is 0 Å². The second-order valence-electron chi connectivity index (χ2n) is 7.95. The van der Waals surface area contributed by atoms with Gasteiger partial charge in [-0.3, -0.25) is 9.69 Å². The van der Waals surface area contributed by atoms with Gasteiger partial charge in [0.05, 0.1) is 38.0 Å². The van der Waals surface area contributed by atoms with Gasteiger partial charge in [-0.25, -0.2) is 4.39 Å². The topological polar surface area (TPSA) is 54.0 Å². The second kappa shape index (κ2) is 10.2. The number of morpholine rings is 2. The number of anilines is 2. The molecule has 31 heavy (non-hydrogen) atoms. The molecule has 2 aliphatic rings. The molecule has 165 valence electrons. The summed E-state index contributed by atoms with van der Waals surface area (Å²) in [6, 6.07) is 12.2. The van der Waals surface area contributed by atoms with Crippen molar-refractivity contribution in [3.05, 3.63) is 64.9 Å². The minimum Gasteiger partial charge on any atom is -0.379 e.